The van der Waals surface area contributed by atoms with Crippen LogP contribution in [-0.4, -0.2) is 47.3 Å². The second-order valence-electron chi connectivity index (χ2n) is 10.6. The molecule has 0 aliphatic heterocycles. The summed E-state index contributed by atoms with van der Waals surface area (Å²) >= 11 is 0. The lowest BCUT2D eigenvalue weighted by molar-refractivity contribution is 0.243. The van der Waals surface area contributed by atoms with Crippen LogP contribution in [0.5, 0.6) is 11.5 Å². The normalized spacial score (nSPS) is 18.4. The maximum atomic E-state index is 13.7. The standard InChI is InChI=1S/C32H32FN3O4S/c1-22-30-20-34-36(26-11-9-25(33)10-12-26)31(30)19-23-7-8-24(32(22)23)21-35(17-18-37)41(38,39)29-15-13-28(14-16-29)40-27-5-3-2-4-6-27/h2-6,9-16,20,22,24,37H,7-8,17-19,21H2,1H3/t22-,24+/m0/s1. The van der Waals surface area contributed by atoms with Gasteiger partial charge in [0.15, 0.2) is 0 Å². The maximum absolute atomic E-state index is 13.7. The fourth-order valence-electron chi connectivity index (χ4n) is 6.20. The van der Waals surface area contributed by atoms with Gasteiger partial charge in [0, 0.05) is 31.0 Å². The Hall–Kier alpha value is -3.79. The monoisotopic (exact) mass is 573 g/mol. The number of aliphatic hydroxyl groups excluding tert-OH is 1. The quantitative estimate of drug-likeness (QED) is 0.254. The molecule has 41 heavy (non-hydrogen) atoms. The largest absolute Gasteiger partial charge is 0.457 e. The third kappa shape index (κ3) is 5.32. The number of benzene rings is 3. The van der Waals surface area contributed by atoms with Gasteiger partial charge < -0.3 is 9.84 Å². The van der Waals surface area contributed by atoms with Crippen LogP contribution in [0.25, 0.3) is 5.69 Å². The van der Waals surface area contributed by atoms with Gasteiger partial charge in [-0.2, -0.15) is 9.40 Å². The Morgan fingerprint density at radius 3 is 2.44 bits per heavy atom. The van der Waals surface area contributed by atoms with E-state index in [0.717, 1.165) is 36.2 Å². The van der Waals surface area contributed by atoms with Gasteiger partial charge in [0.25, 0.3) is 0 Å². The lowest BCUT2D eigenvalue weighted by Crippen LogP contribution is -2.38. The first-order chi connectivity index (χ1) is 19.8. The van der Waals surface area contributed by atoms with Crippen molar-refractivity contribution in [3.05, 3.63) is 113 Å². The summed E-state index contributed by atoms with van der Waals surface area (Å²) in [4.78, 5) is 0.165. The van der Waals surface area contributed by atoms with Crippen LogP contribution in [0.1, 0.15) is 36.9 Å². The van der Waals surface area contributed by atoms with Crippen LogP contribution in [-0.2, 0) is 16.4 Å². The number of nitrogens with zero attached hydrogens (tertiary/aromatic N) is 3. The van der Waals surface area contributed by atoms with E-state index in [4.69, 9.17) is 4.74 Å². The molecular formula is C32H32FN3O4S. The van der Waals surface area contributed by atoms with E-state index in [2.05, 4.69) is 12.0 Å². The molecule has 2 atom stereocenters. The molecule has 4 aromatic rings. The summed E-state index contributed by atoms with van der Waals surface area (Å²) in [5.41, 5.74) is 5.63. The Morgan fingerprint density at radius 1 is 1.02 bits per heavy atom. The summed E-state index contributed by atoms with van der Waals surface area (Å²) < 4.78 is 50.0. The number of aliphatic hydroxyl groups is 1. The summed E-state index contributed by atoms with van der Waals surface area (Å²) in [6.45, 7) is 2.21. The first-order valence-corrected chi connectivity index (χ1v) is 15.3. The van der Waals surface area contributed by atoms with Crippen molar-refractivity contribution in [2.45, 2.75) is 37.0 Å². The molecule has 6 rings (SSSR count). The predicted octanol–water partition coefficient (Wildman–Crippen LogP) is 5.85. The number of hydrogen-bond acceptors (Lipinski definition) is 5. The molecule has 1 heterocycles. The Kier molecular flexibility index (Phi) is 7.50. The molecule has 0 unspecified atom stereocenters. The van der Waals surface area contributed by atoms with E-state index in [1.54, 1.807) is 36.4 Å². The molecule has 212 valence electrons. The highest BCUT2D eigenvalue weighted by molar-refractivity contribution is 7.89. The average molecular weight is 574 g/mol. The average Bonchev–Trinajstić information content (AvgIpc) is 3.59. The number of rotatable bonds is 9. The number of fused-ring (bicyclic) bond motifs is 1. The zero-order valence-corrected chi connectivity index (χ0v) is 23.6. The summed E-state index contributed by atoms with van der Waals surface area (Å²) in [5.74, 6) is 1.06. The van der Waals surface area contributed by atoms with Gasteiger partial charge in [-0.25, -0.2) is 17.5 Å². The summed E-state index contributed by atoms with van der Waals surface area (Å²) in [7, 11) is -3.84. The third-order valence-electron chi connectivity index (χ3n) is 8.14. The van der Waals surface area contributed by atoms with Crippen molar-refractivity contribution in [3.63, 3.8) is 0 Å². The molecule has 0 saturated heterocycles. The molecule has 9 heteroatoms. The van der Waals surface area contributed by atoms with Crippen LogP contribution in [0.15, 0.2) is 101 Å². The van der Waals surface area contributed by atoms with E-state index in [1.807, 2.05) is 41.2 Å². The van der Waals surface area contributed by atoms with Gasteiger partial charge in [-0.1, -0.05) is 36.3 Å². The van der Waals surface area contributed by atoms with Gasteiger partial charge in [-0.05, 0) is 79.4 Å². The van der Waals surface area contributed by atoms with Gasteiger partial charge in [0.1, 0.15) is 17.3 Å². The Bertz CT molecular complexity index is 1670. The predicted molar refractivity (Wildman–Crippen MR) is 154 cm³/mol. The number of hydrogen-bond donors (Lipinski definition) is 1. The summed E-state index contributed by atoms with van der Waals surface area (Å²) in [5, 5.41) is 14.4. The molecule has 0 radical (unpaired) electrons. The van der Waals surface area contributed by atoms with Gasteiger partial charge in [-0.15, -0.1) is 0 Å². The molecule has 1 N–H and O–H groups in total. The van der Waals surface area contributed by atoms with Crippen LogP contribution in [0.3, 0.4) is 0 Å². The number of ether oxygens (including phenoxy) is 1. The minimum atomic E-state index is -3.84. The van der Waals surface area contributed by atoms with Crippen molar-refractivity contribution in [1.29, 1.82) is 0 Å². The molecule has 7 nitrogen and oxygen atoms in total. The van der Waals surface area contributed by atoms with E-state index in [9.17, 15) is 17.9 Å². The second-order valence-corrected chi connectivity index (χ2v) is 12.5. The molecule has 0 bridgehead atoms. The lowest BCUT2D eigenvalue weighted by atomic mass is 9.80. The van der Waals surface area contributed by atoms with E-state index in [0.29, 0.717) is 18.0 Å². The highest BCUT2D eigenvalue weighted by Crippen LogP contribution is 2.47. The van der Waals surface area contributed by atoms with Gasteiger partial charge >= 0.3 is 0 Å². The van der Waals surface area contributed by atoms with Gasteiger partial charge in [-0.3, -0.25) is 0 Å². The van der Waals surface area contributed by atoms with Crippen molar-refractivity contribution in [3.8, 4) is 17.2 Å². The first-order valence-electron chi connectivity index (χ1n) is 13.8. The number of aromatic nitrogens is 2. The number of allylic oxidation sites excluding steroid dienone is 1. The Labute approximate surface area is 239 Å². The molecule has 0 saturated carbocycles. The van der Waals surface area contributed by atoms with Crippen molar-refractivity contribution in [2.24, 2.45) is 5.92 Å². The first kappa shape index (κ1) is 27.4. The Balaban J connectivity index is 1.21. The fourth-order valence-corrected chi connectivity index (χ4v) is 7.67. The smallest absolute Gasteiger partial charge is 0.243 e. The van der Waals surface area contributed by atoms with Crippen molar-refractivity contribution < 1.29 is 22.7 Å². The van der Waals surface area contributed by atoms with E-state index in [-0.39, 0.29) is 35.7 Å². The van der Waals surface area contributed by atoms with Crippen molar-refractivity contribution in [2.75, 3.05) is 19.7 Å². The topological polar surface area (TPSA) is 84.7 Å². The Morgan fingerprint density at radius 2 is 1.73 bits per heavy atom. The fraction of sp³-hybridized carbons (Fsp3) is 0.281. The summed E-state index contributed by atoms with van der Waals surface area (Å²) in [6, 6.07) is 22.0. The van der Waals surface area contributed by atoms with Gasteiger partial charge in [0.2, 0.25) is 10.0 Å². The number of halogens is 1. The van der Waals surface area contributed by atoms with Gasteiger partial charge in [0.05, 0.1) is 29.1 Å². The molecule has 1 aromatic heterocycles. The molecule has 3 aromatic carbocycles. The maximum Gasteiger partial charge on any atom is 0.243 e. The van der Waals surface area contributed by atoms with Crippen molar-refractivity contribution >= 4 is 10.0 Å². The van der Waals surface area contributed by atoms with E-state index >= 15 is 0 Å². The van der Waals surface area contributed by atoms with E-state index < -0.39 is 10.0 Å². The zero-order chi connectivity index (χ0) is 28.6. The van der Waals surface area contributed by atoms with Crippen LogP contribution in [0.4, 0.5) is 4.39 Å². The molecule has 0 amide bonds. The van der Waals surface area contributed by atoms with E-state index in [1.165, 1.54) is 27.6 Å². The second kappa shape index (κ2) is 11.2. The minimum absolute atomic E-state index is 0.0197. The van der Waals surface area contributed by atoms with Crippen LogP contribution in [0.2, 0.25) is 0 Å². The SMILES string of the molecule is C[C@@H]1C2=C(CC[C@@H]2CN(CCO)S(=O)(=O)c2ccc(Oc3ccccc3)cc2)Cc2c1cnn2-c1ccc(F)cc1. The molecule has 2 aliphatic rings. The number of sulfonamides is 1. The van der Waals surface area contributed by atoms with Crippen LogP contribution in [0, 0.1) is 11.7 Å². The molecule has 2 aliphatic carbocycles. The molecule has 0 fully saturated rings. The molecule has 0 spiro atoms. The highest BCUT2D eigenvalue weighted by atomic mass is 32.2. The van der Waals surface area contributed by atoms with Crippen LogP contribution >= 0.6 is 0 Å². The number of para-hydroxylation sites is 1. The molecular weight excluding hydrogens is 541 g/mol. The van der Waals surface area contributed by atoms with Crippen molar-refractivity contribution in [1.82, 2.24) is 14.1 Å². The third-order valence-corrected chi connectivity index (χ3v) is 10.0. The van der Waals surface area contributed by atoms with Crippen LogP contribution < -0.4 is 4.74 Å². The highest BCUT2D eigenvalue weighted by Gasteiger charge is 2.38. The lowest BCUT2D eigenvalue weighted by Gasteiger charge is -2.30. The summed E-state index contributed by atoms with van der Waals surface area (Å²) in [6.07, 6.45) is 4.35. The zero-order valence-electron chi connectivity index (χ0n) is 22.8. The minimum Gasteiger partial charge on any atom is -0.457 e.